The first kappa shape index (κ1) is 57.0. The lowest BCUT2D eigenvalue weighted by atomic mass is 9.96. The molecule has 372 valence electrons. The number of carbonyl (C=O) groups excluding carboxylic acids is 11. The molecule has 8 atom stereocenters. The fraction of sp³-hybridized carbons (Fsp3) is 0.585. The van der Waals surface area contributed by atoms with Gasteiger partial charge in [0, 0.05) is 31.4 Å². The summed E-state index contributed by atoms with van der Waals surface area (Å²) >= 11 is 0. The highest BCUT2D eigenvalue weighted by Gasteiger charge is 2.36. The first-order valence-electron chi connectivity index (χ1n) is 21.4. The number of carbonyl (C=O) groups is 11. The monoisotopic (exact) mass is 980 g/mol. The smallest absolute Gasteiger partial charge is 0.246 e. The standard InChI is InChI=1S/C41H64N12O12S2/c1-6-21(4)34-40(64)48-25(11-12-30(43)55)37(61)50-28(15-31(44)56)38(62)51-29(41(65)53(5)17-33(58)47-26(13-20(2)3)36(60)46-16-32(45)57)19-67-66-18-24(42)35(59)49-27(39(63)52-34)14-22-7-9-23(54)10-8-22/h7-10,20-21,24-29,34,54H,6,11-19,42H2,1-5H3,(H2,43,55)(H2,44,56)(H2,45,57)(H,46,60)(H,47,58)(H,48,64)(H,49,59)(H,50,61)(H,51,62)(H,52,63)/t21-,24-,25-,26-,27-,28-,29-,34-/m0/s1. The zero-order valence-electron chi connectivity index (χ0n) is 38.1. The van der Waals surface area contributed by atoms with Gasteiger partial charge in [-0.05, 0) is 42.4 Å². The molecule has 11 amide bonds. The summed E-state index contributed by atoms with van der Waals surface area (Å²) in [5.41, 5.74) is 22.8. The second-order valence-electron chi connectivity index (χ2n) is 16.5. The second-order valence-corrected chi connectivity index (χ2v) is 19.0. The lowest BCUT2D eigenvalue weighted by Gasteiger charge is -2.30. The van der Waals surface area contributed by atoms with E-state index in [1.54, 1.807) is 27.7 Å². The Kier molecular flexibility index (Phi) is 23.9. The van der Waals surface area contributed by atoms with Crippen LogP contribution in [0.25, 0.3) is 0 Å². The van der Waals surface area contributed by atoms with E-state index in [1.807, 2.05) is 0 Å². The largest absolute Gasteiger partial charge is 0.508 e. The van der Waals surface area contributed by atoms with E-state index in [1.165, 1.54) is 31.3 Å². The first-order chi connectivity index (χ1) is 31.4. The molecule has 1 heterocycles. The van der Waals surface area contributed by atoms with Crippen molar-refractivity contribution >= 4 is 86.6 Å². The SMILES string of the molecule is CC[C@H](C)[C@@H]1NC(=O)[C@H](Cc2ccc(O)cc2)NC(=O)[C@@H](N)CSSC[C@@H](C(=O)N(C)CC(=O)N[C@@H](CC(C)C)C(=O)NCC(N)=O)NC(=O)[C@H](CC(N)=O)NC(=O)[C@H](CCC(N)=O)NC1=O. The summed E-state index contributed by atoms with van der Waals surface area (Å²) in [4.78, 5) is 146. The Bertz CT molecular complexity index is 1960. The number of rotatable bonds is 18. The van der Waals surface area contributed by atoms with Gasteiger partial charge in [-0.3, -0.25) is 52.7 Å². The van der Waals surface area contributed by atoms with Crippen molar-refractivity contribution in [3.63, 3.8) is 0 Å². The Balaban J connectivity index is 2.58. The van der Waals surface area contributed by atoms with Gasteiger partial charge in [0.25, 0.3) is 0 Å². The van der Waals surface area contributed by atoms with Gasteiger partial charge in [-0.25, -0.2) is 0 Å². The van der Waals surface area contributed by atoms with Gasteiger partial charge in [0.2, 0.25) is 65.0 Å². The van der Waals surface area contributed by atoms with Crippen molar-refractivity contribution in [3.8, 4) is 5.75 Å². The number of nitrogens with one attached hydrogen (secondary N) is 7. The first-order valence-corrected chi connectivity index (χ1v) is 23.9. The van der Waals surface area contributed by atoms with Crippen LogP contribution in [0.2, 0.25) is 0 Å². The summed E-state index contributed by atoms with van der Waals surface area (Å²) in [6.45, 7) is 5.85. The van der Waals surface area contributed by atoms with Crippen molar-refractivity contribution in [1.29, 1.82) is 0 Å². The molecular weight excluding hydrogens is 917 g/mol. The van der Waals surface area contributed by atoms with Crippen LogP contribution in [0.3, 0.4) is 0 Å². The summed E-state index contributed by atoms with van der Waals surface area (Å²) in [7, 11) is 3.23. The predicted octanol–water partition coefficient (Wildman–Crippen LogP) is -4.14. The Morgan fingerprint density at radius 2 is 1.36 bits per heavy atom. The van der Waals surface area contributed by atoms with Gasteiger partial charge < -0.3 is 70.2 Å². The van der Waals surface area contributed by atoms with Gasteiger partial charge in [0.05, 0.1) is 25.6 Å². The van der Waals surface area contributed by atoms with Crippen molar-refractivity contribution < 1.29 is 57.8 Å². The van der Waals surface area contributed by atoms with Crippen molar-refractivity contribution in [1.82, 2.24) is 42.1 Å². The molecule has 0 spiro atoms. The van der Waals surface area contributed by atoms with Gasteiger partial charge in [-0.2, -0.15) is 0 Å². The van der Waals surface area contributed by atoms with Gasteiger partial charge >= 0.3 is 0 Å². The predicted molar refractivity (Wildman–Crippen MR) is 247 cm³/mol. The van der Waals surface area contributed by atoms with E-state index >= 15 is 0 Å². The molecule has 1 aliphatic rings. The molecule has 0 bridgehead atoms. The van der Waals surface area contributed by atoms with Crippen LogP contribution >= 0.6 is 21.6 Å². The molecule has 0 aromatic heterocycles. The van der Waals surface area contributed by atoms with Crippen LogP contribution in [-0.4, -0.2) is 149 Å². The quantitative estimate of drug-likeness (QED) is 0.0622. The zero-order chi connectivity index (χ0) is 50.5. The third-order valence-electron chi connectivity index (χ3n) is 10.2. The third kappa shape index (κ3) is 20.5. The van der Waals surface area contributed by atoms with E-state index in [2.05, 4.69) is 37.2 Å². The van der Waals surface area contributed by atoms with Crippen molar-refractivity contribution in [2.45, 2.75) is 109 Å². The molecule has 0 unspecified atom stereocenters. The summed E-state index contributed by atoms with van der Waals surface area (Å²) < 4.78 is 0. The number of nitrogens with zero attached hydrogens (tertiary/aromatic N) is 1. The van der Waals surface area contributed by atoms with Crippen LogP contribution in [0.15, 0.2) is 24.3 Å². The number of phenols is 1. The molecule has 0 radical (unpaired) electrons. The maximum atomic E-state index is 14.0. The van der Waals surface area contributed by atoms with E-state index in [9.17, 15) is 57.8 Å². The maximum absolute atomic E-state index is 14.0. The van der Waals surface area contributed by atoms with Crippen molar-refractivity contribution in [2.24, 2.45) is 34.8 Å². The molecule has 1 aromatic rings. The highest BCUT2D eigenvalue weighted by atomic mass is 33.1. The molecule has 67 heavy (non-hydrogen) atoms. The molecule has 2 rings (SSSR count). The van der Waals surface area contributed by atoms with Gasteiger partial charge in [-0.1, -0.05) is 67.8 Å². The molecule has 0 aliphatic carbocycles. The molecule has 26 heteroatoms. The van der Waals surface area contributed by atoms with E-state index in [0.717, 1.165) is 26.5 Å². The molecule has 1 aliphatic heterocycles. The molecule has 16 N–H and O–H groups in total. The second kappa shape index (κ2) is 28.1. The van der Waals surface area contributed by atoms with E-state index < -0.39 is 146 Å². The molecule has 24 nitrogen and oxygen atoms in total. The number of likely N-dealkylation sites (N-methyl/N-ethyl adjacent to an activating group) is 1. The number of primary amides is 3. The Hall–Kier alpha value is -6.15. The topological polar surface area (TPSA) is 400 Å². The lowest BCUT2D eigenvalue weighted by molar-refractivity contribution is -0.139. The van der Waals surface area contributed by atoms with Crippen LogP contribution in [0, 0.1) is 11.8 Å². The zero-order valence-corrected chi connectivity index (χ0v) is 39.7. The summed E-state index contributed by atoms with van der Waals surface area (Å²) in [6, 6.07) is -4.02. The molecular formula is C41H64N12O12S2. The highest BCUT2D eigenvalue weighted by Crippen LogP contribution is 2.24. The van der Waals surface area contributed by atoms with Crippen LogP contribution in [0.4, 0.5) is 0 Å². The number of benzene rings is 1. The van der Waals surface area contributed by atoms with Crippen LogP contribution in [0.1, 0.15) is 65.4 Å². The minimum absolute atomic E-state index is 0.0501. The summed E-state index contributed by atoms with van der Waals surface area (Å²) in [5, 5.41) is 27.3. The number of amides is 11. The molecule has 0 saturated carbocycles. The van der Waals surface area contributed by atoms with E-state index in [0.29, 0.717) is 12.0 Å². The highest BCUT2D eigenvalue weighted by molar-refractivity contribution is 8.76. The Labute approximate surface area is 395 Å². The maximum Gasteiger partial charge on any atom is 0.246 e. The number of phenolic OH excluding ortho intramolecular Hbond substituents is 1. The van der Waals surface area contributed by atoms with E-state index in [-0.39, 0.29) is 36.0 Å². The Morgan fingerprint density at radius 3 is 1.94 bits per heavy atom. The fourth-order valence-corrected chi connectivity index (χ4v) is 8.65. The average molecular weight is 981 g/mol. The fourth-order valence-electron chi connectivity index (χ4n) is 6.37. The number of hydrogen-bond acceptors (Lipinski definition) is 15. The minimum atomic E-state index is -1.76. The number of nitrogens with two attached hydrogens (primary N) is 4. The van der Waals surface area contributed by atoms with E-state index in [4.69, 9.17) is 22.9 Å². The molecule has 1 saturated heterocycles. The van der Waals surface area contributed by atoms with Gasteiger partial charge in [-0.15, -0.1) is 0 Å². The Morgan fingerprint density at radius 1 is 0.776 bits per heavy atom. The number of aromatic hydroxyl groups is 1. The summed E-state index contributed by atoms with van der Waals surface area (Å²) in [5.74, 6) is -10.7. The third-order valence-corrected chi connectivity index (χ3v) is 12.7. The molecule has 1 fully saturated rings. The van der Waals surface area contributed by atoms with Crippen LogP contribution in [0.5, 0.6) is 5.75 Å². The van der Waals surface area contributed by atoms with Crippen molar-refractivity contribution in [3.05, 3.63) is 29.8 Å². The van der Waals surface area contributed by atoms with Crippen LogP contribution < -0.4 is 60.2 Å². The van der Waals surface area contributed by atoms with Crippen LogP contribution in [-0.2, 0) is 59.2 Å². The average Bonchev–Trinajstić information content (AvgIpc) is 3.25. The van der Waals surface area contributed by atoms with Gasteiger partial charge in [0.1, 0.15) is 42.0 Å². The minimum Gasteiger partial charge on any atom is -0.508 e. The van der Waals surface area contributed by atoms with Gasteiger partial charge in [0.15, 0.2) is 0 Å². The summed E-state index contributed by atoms with van der Waals surface area (Å²) in [6.07, 6.45) is -1.26. The lowest BCUT2D eigenvalue weighted by Crippen LogP contribution is -2.61. The molecule has 1 aromatic carbocycles. The van der Waals surface area contributed by atoms with Crippen molar-refractivity contribution in [2.75, 3.05) is 31.6 Å². The number of hydrogen-bond donors (Lipinski definition) is 12. The normalized spacial score (nSPS) is 22.3.